The number of nitrogen functional groups attached to an aromatic ring is 1. The number of hydrogen-bond acceptors (Lipinski definition) is 4. The number of H-pyrrole nitrogens is 1. The maximum atomic E-state index is 8.99. The van der Waals surface area contributed by atoms with Crippen molar-refractivity contribution in [1.82, 2.24) is 10.2 Å². The number of aryl methyl sites for hydroxylation is 3. The summed E-state index contributed by atoms with van der Waals surface area (Å²) in [5.41, 5.74) is 16.0. The van der Waals surface area contributed by atoms with E-state index in [1.54, 1.807) is 0 Å². The van der Waals surface area contributed by atoms with Gasteiger partial charge in [-0.1, -0.05) is 6.07 Å². The van der Waals surface area contributed by atoms with Gasteiger partial charge in [0.1, 0.15) is 11.6 Å². The van der Waals surface area contributed by atoms with Gasteiger partial charge in [-0.2, -0.15) is 10.4 Å². The van der Waals surface area contributed by atoms with E-state index in [4.69, 9.17) is 16.7 Å². The highest BCUT2D eigenvalue weighted by Crippen LogP contribution is 2.14. The third kappa shape index (κ3) is 4.23. The molecule has 23 heavy (non-hydrogen) atoms. The number of guanidine groups is 1. The van der Waals surface area contributed by atoms with Crippen molar-refractivity contribution in [2.45, 2.75) is 26.7 Å². The number of nitrogens with zero attached hydrogens (tertiary/aromatic N) is 3. The monoisotopic (exact) mass is 311 g/mol. The molecule has 0 spiro atoms. The summed E-state index contributed by atoms with van der Waals surface area (Å²) >= 11 is 0. The standard InChI is InChI=1S/C16H21N7/c1-10-5-6-12(8-11(10)2)21-16(19)20-7-3-4-14-13(9-17)15(18)23-22-14/h5-6,8H,3-4,7H2,1-2H3,(H3,18,22,23)(H3,19,20,21). The molecule has 2 aromatic rings. The predicted molar refractivity (Wildman–Crippen MR) is 92.1 cm³/mol. The van der Waals surface area contributed by atoms with Crippen LogP contribution in [-0.4, -0.2) is 22.7 Å². The van der Waals surface area contributed by atoms with Crippen molar-refractivity contribution < 1.29 is 0 Å². The first-order chi connectivity index (χ1) is 11.0. The van der Waals surface area contributed by atoms with E-state index in [0.29, 0.717) is 24.5 Å². The van der Waals surface area contributed by atoms with Crippen LogP contribution in [0.15, 0.2) is 23.2 Å². The Bertz CT molecular complexity index is 752. The van der Waals surface area contributed by atoms with E-state index in [1.165, 1.54) is 11.1 Å². The number of aromatic nitrogens is 2. The molecular formula is C16H21N7. The third-order valence-electron chi connectivity index (χ3n) is 3.63. The highest BCUT2D eigenvalue weighted by Gasteiger charge is 2.09. The van der Waals surface area contributed by atoms with Gasteiger partial charge in [0, 0.05) is 12.2 Å². The fourth-order valence-corrected chi connectivity index (χ4v) is 2.16. The lowest BCUT2D eigenvalue weighted by molar-refractivity contribution is 0.802. The number of anilines is 2. The van der Waals surface area contributed by atoms with E-state index in [1.807, 2.05) is 24.3 Å². The van der Waals surface area contributed by atoms with Gasteiger partial charge in [-0.15, -0.1) is 0 Å². The second-order valence-corrected chi connectivity index (χ2v) is 5.37. The van der Waals surface area contributed by atoms with E-state index < -0.39 is 0 Å². The molecule has 1 aromatic carbocycles. The van der Waals surface area contributed by atoms with Crippen LogP contribution in [-0.2, 0) is 6.42 Å². The minimum absolute atomic E-state index is 0.238. The predicted octanol–water partition coefficient (Wildman–Crippen LogP) is 1.84. The van der Waals surface area contributed by atoms with E-state index in [0.717, 1.165) is 17.8 Å². The van der Waals surface area contributed by atoms with Crippen molar-refractivity contribution in [2.75, 3.05) is 17.6 Å². The van der Waals surface area contributed by atoms with Crippen LogP contribution in [0, 0.1) is 25.2 Å². The van der Waals surface area contributed by atoms with Crippen molar-refractivity contribution in [1.29, 1.82) is 5.26 Å². The van der Waals surface area contributed by atoms with Gasteiger partial charge >= 0.3 is 0 Å². The average Bonchev–Trinajstić information content (AvgIpc) is 2.87. The Morgan fingerprint density at radius 1 is 1.39 bits per heavy atom. The summed E-state index contributed by atoms with van der Waals surface area (Å²) in [6, 6.07) is 8.08. The maximum Gasteiger partial charge on any atom is 0.193 e. The number of benzene rings is 1. The molecule has 2 rings (SSSR count). The molecule has 0 radical (unpaired) electrons. The van der Waals surface area contributed by atoms with Crippen molar-refractivity contribution in [3.63, 3.8) is 0 Å². The fraction of sp³-hybridized carbons (Fsp3) is 0.312. The lowest BCUT2D eigenvalue weighted by atomic mass is 10.1. The van der Waals surface area contributed by atoms with Crippen LogP contribution in [0.5, 0.6) is 0 Å². The van der Waals surface area contributed by atoms with E-state index in [-0.39, 0.29) is 5.82 Å². The zero-order valence-electron chi connectivity index (χ0n) is 13.3. The molecule has 0 aliphatic rings. The highest BCUT2D eigenvalue weighted by atomic mass is 15.2. The van der Waals surface area contributed by atoms with Crippen LogP contribution in [0.1, 0.15) is 28.8 Å². The van der Waals surface area contributed by atoms with Gasteiger partial charge in [0.05, 0.1) is 5.69 Å². The van der Waals surface area contributed by atoms with Gasteiger partial charge in [0.15, 0.2) is 11.8 Å². The molecule has 0 saturated carbocycles. The summed E-state index contributed by atoms with van der Waals surface area (Å²) in [5, 5.41) is 18.7. The van der Waals surface area contributed by atoms with Crippen LogP contribution in [0.2, 0.25) is 0 Å². The molecule has 6 N–H and O–H groups in total. The molecular weight excluding hydrogens is 290 g/mol. The molecule has 7 heteroatoms. The van der Waals surface area contributed by atoms with Crippen LogP contribution in [0.4, 0.5) is 11.5 Å². The summed E-state index contributed by atoms with van der Waals surface area (Å²) in [4.78, 5) is 4.28. The Kier molecular flexibility index (Phi) is 5.20. The smallest absolute Gasteiger partial charge is 0.193 e. The summed E-state index contributed by atoms with van der Waals surface area (Å²) in [7, 11) is 0. The second kappa shape index (κ2) is 7.31. The van der Waals surface area contributed by atoms with Gasteiger partial charge in [-0.05, 0) is 49.9 Å². The van der Waals surface area contributed by atoms with Crippen LogP contribution in [0.25, 0.3) is 0 Å². The molecule has 0 bridgehead atoms. The molecule has 7 nitrogen and oxygen atoms in total. The quantitative estimate of drug-likeness (QED) is 0.380. The lowest BCUT2D eigenvalue weighted by Crippen LogP contribution is -2.23. The molecule has 0 unspecified atom stereocenters. The molecule has 0 fully saturated rings. The van der Waals surface area contributed by atoms with Crippen molar-refractivity contribution >= 4 is 17.5 Å². The molecule has 0 atom stereocenters. The minimum atomic E-state index is 0.238. The molecule has 0 aliphatic heterocycles. The largest absolute Gasteiger partial charge is 0.381 e. The van der Waals surface area contributed by atoms with Crippen molar-refractivity contribution in [2.24, 2.45) is 10.7 Å². The zero-order chi connectivity index (χ0) is 16.8. The van der Waals surface area contributed by atoms with Gasteiger partial charge in [-0.3, -0.25) is 10.1 Å². The number of rotatable bonds is 5. The Hall–Kier alpha value is -3.01. The van der Waals surface area contributed by atoms with Crippen molar-refractivity contribution in [3.05, 3.63) is 40.6 Å². The van der Waals surface area contributed by atoms with Crippen LogP contribution in [0.3, 0.4) is 0 Å². The van der Waals surface area contributed by atoms with Gasteiger partial charge in [0.25, 0.3) is 0 Å². The number of aliphatic imine (C=N–C) groups is 1. The fourth-order valence-electron chi connectivity index (χ4n) is 2.16. The average molecular weight is 311 g/mol. The molecule has 0 amide bonds. The number of nitriles is 1. The third-order valence-corrected chi connectivity index (χ3v) is 3.63. The first-order valence-corrected chi connectivity index (χ1v) is 7.38. The molecule has 0 saturated heterocycles. The Labute approximate surface area is 135 Å². The Morgan fingerprint density at radius 2 is 2.17 bits per heavy atom. The van der Waals surface area contributed by atoms with E-state index >= 15 is 0 Å². The second-order valence-electron chi connectivity index (χ2n) is 5.37. The molecule has 1 aromatic heterocycles. The highest BCUT2D eigenvalue weighted by molar-refractivity contribution is 5.92. The van der Waals surface area contributed by atoms with Gasteiger partial charge < -0.3 is 16.8 Å². The van der Waals surface area contributed by atoms with Crippen LogP contribution >= 0.6 is 0 Å². The topological polar surface area (TPSA) is 129 Å². The maximum absolute atomic E-state index is 8.99. The first kappa shape index (κ1) is 16.4. The molecule has 120 valence electrons. The zero-order valence-corrected chi connectivity index (χ0v) is 13.3. The van der Waals surface area contributed by atoms with E-state index in [2.05, 4.69) is 34.4 Å². The molecule has 1 heterocycles. The number of hydrogen-bond donors (Lipinski definition) is 4. The number of nitrogens with two attached hydrogens (primary N) is 2. The van der Waals surface area contributed by atoms with E-state index in [9.17, 15) is 0 Å². The first-order valence-electron chi connectivity index (χ1n) is 7.38. The van der Waals surface area contributed by atoms with Gasteiger partial charge in [0.2, 0.25) is 0 Å². The Balaban J connectivity index is 1.85. The van der Waals surface area contributed by atoms with Crippen LogP contribution < -0.4 is 16.8 Å². The SMILES string of the molecule is Cc1ccc(NC(N)=NCCCc2[nH]nc(N)c2C#N)cc1C. The summed E-state index contributed by atoms with van der Waals surface area (Å²) in [6.45, 7) is 4.67. The molecule has 0 aliphatic carbocycles. The number of aromatic amines is 1. The lowest BCUT2D eigenvalue weighted by Gasteiger charge is -2.08. The van der Waals surface area contributed by atoms with Gasteiger partial charge in [-0.25, -0.2) is 0 Å². The summed E-state index contributed by atoms with van der Waals surface area (Å²) in [6.07, 6.45) is 1.39. The minimum Gasteiger partial charge on any atom is -0.381 e. The van der Waals surface area contributed by atoms with Crippen molar-refractivity contribution in [3.8, 4) is 6.07 Å². The Morgan fingerprint density at radius 3 is 2.87 bits per heavy atom. The summed E-state index contributed by atoms with van der Waals surface area (Å²) < 4.78 is 0. The normalized spacial score (nSPS) is 11.3. The summed E-state index contributed by atoms with van der Waals surface area (Å²) in [5.74, 6) is 0.611. The number of nitrogens with one attached hydrogen (secondary N) is 2.